The van der Waals surface area contributed by atoms with Crippen molar-refractivity contribution in [2.45, 2.75) is 38.6 Å². The molecule has 1 N–H and O–H groups in total. The molecule has 6 heteroatoms. The van der Waals surface area contributed by atoms with Gasteiger partial charge in [0.1, 0.15) is 0 Å². The van der Waals surface area contributed by atoms with Gasteiger partial charge in [-0.15, -0.1) is 0 Å². The molecule has 0 radical (unpaired) electrons. The Morgan fingerprint density at radius 2 is 1.90 bits per heavy atom. The highest BCUT2D eigenvalue weighted by Gasteiger charge is 2.26. The SMILES string of the molecule is Cc1ccc(C)c(CS(=O)(=O)NCC(c2ccsc2)N2CCc3ccccc3C2)c1. The van der Waals surface area contributed by atoms with Gasteiger partial charge in [-0.05, 0) is 64.9 Å². The third kappa shape index (κ3) is 5.01. The van der Waals surface area contributed by atoms with Crippen molar-refractivity contribution in [3.63, 3.8) is 0 Å². The molecule has 1 aromatic heterocycles. The largest absolute Gasteiger partial charge is 0.290 e. The van der Waals surface area contributed by atoms with Gasteiger partial charge < -0.3 is 0 Å². The minimum atomic E-state index is -3.43. The molecule has 1 atom stereocenters. The van der Waals surface area contributed by atoms with Crippen LogP contribution in [0.15, 0.2) is 59.3 Å². The summed E-state index contributed by atoms with van der Waals surface area (Å²) in [6, 6.07) is 16.6. The molecule has 4 nitrogen and oxygen atoms in total. The number of nitrogens with zero attached hydrogens (tertiary/aromatic N) is 1. The molecule has 30 heavy (non-hydrogen) atoms. The number of thiophene rings is 1. The molecule has 0 spiro atoms. The Morgan fingerprint density at radius 3 is 2.67 bits per heavy atom. The number of aryl methyl sites for hydroxylation is 2. The van der Waals surface area contributed by atoms with Gasteiger partial charge in [0, 0.05) is 25.7 Å². The normalized spacial score (nSPS) is 15.7. The zero-order valence-corrected chi connectivity index (χ0v) is 19.1. The smallest absolute Gasteiger partial charge is 0.215 e. The van der Waals surface area contributed by atoms with Gasteiger partial charge in [0.2, 0.25) is 10.0 Å². The minimum absolute atomic E-state index is 0.0136. The Morgan fingerprint density at radius 1 is 1.10 bits per heavy atom. The molecule has 0 amide bonds. The van der Waals surface area contributed by atoms with Crippen molar-refractivity contribution in [2.75, 3.05) is 13.1 Å². The Labute approximate surface area is 183 Å². The first-order chi connectivity index (χ1) is 14.4. The summed E-state index contributed by atoms with van der Waals surface area (Å²) in [7, 11) is -3.43. The van der Waals surface area contributed by atoms with Gasteiger partial charge >= 0.3 is 0 Å². The average molecular weight is 441 g/mol. The van der Waals surface area contributed by atoms with E-state index in [4.69, 9.17) is 0 Å². The molecule has 1 aliphatic rings. The highest BCUT2D eigenvalue weighted by molar-refractivity contribution is 7.88. The molecule has 0 fully saturated rings. The number of fused-ring (bicyclic) bond motifs is 1. The summed E-state index contributed by atoms with van der Waals surface area (Å²) in [6.07, 6.45) is 0.992. The maximum Gasteiger partial charge on any atom is 0.215 e. The number of rotatable bonds is 7. The Balaban J connectivity index is 1.50. The highest BCUT2D eigenvalue weighted by Crippen LogP contribution is 2.29. The molecule has 1 aliphatic heterocycles. The lowest BCUT2D eigenvalue weighted by atomic mass is 9.97. The number of nitrogens with one attached hydrogen (secondary N) is 1. The Kier molecular flexibility index (Phi) is 6.39. The summed E-state index contributed by atoms with van der Waals surface area (Å²) >= 11 is 1.65. The first-order valence-electron chi connectivity index (χ1n) is 10.3. The molecule has 0 saturated carbocycles. The van der Waals surface area contributed by atoms with Crippen LogP contribution in [0.25, 0.3) is 0 Å². The minimum Gasteiger partial charge on any atom is -0.290 e. The molecular weight excluding hydrogens is 412 g/mol. The van der Waals surface area contributed by atoms with E-state index >= 15 is 0 Å². The van der Waals surface area contributed by atoms with E-state index in [0.717, 1.165) is 36.2 Å². The van der Waals surface area contributed by atoms with Crippen LogP contribution in [0.3, 0.4) is 0 Å². The summed E-state index contributed by atoms with van der Waals surface area (Å²) in [5, 5.41) is 4.19. The first kappa shape index (κ1) is 21.2. The maximum atomic E-state index is 12.9. The zero-order chi connectivity index (χ0) is 21.1. The topological polar surface area (TPSA) is 49.4 Å². The van der Waals surface area contributed by atoms with Crippen molar-refractivity contribution in [1.82, 2.24) is 9.62 Å². The summed E-state index contributed by atoms with van der Waals surface area (Å²) in [5.74, 6) is 0.0136. The number of hydrogen-bond donors (Lipinski definition) is 1. The number of sulfonamides is 1. The molecule has 1 unspecified atom stereocenters. The molecule has 0 bridgehead atoms. The van der Waals surface area contributed by atoms with Crippen molar-refractivity contribution in [3.8, 4) is 0 Å². The Bertz CT molecular complexity index is 1110. The van der Waals surface area contributed by atoms with E-state index in [0.29, 0.717) is 6.54 Å². The molecule has 2 heterocycles. The molecule has 0 saturated heterocycles. The van der Waals surface area contributed by atoms with Crippen molar-refractivity contribution in [1.29, 1.82) is 0 Å². The van der Waals surface area contributed by atoms with Gasteiger partial charge in [0.15, 0.2) is 0 Å². The van der Waals surface area contributed by atoms with E-state index in [1.54, 1.807) is 11.3 Å². The number of hydrogen-bond acceptors (Lipinski definition) is 4. The third-order valence-corrected chi connectivity index (χ3v) is 7.87. The lowest BCUT2D eigenvalue weighted by Crippen LogP contribution is -2.40. The highest BCUT2D eigenvalue weighted by atomic mass is 32.2. The third-order valence-electron chi connectivity index (χ3n) is 5.88. The standard InChI is InChI=1S/C24H28N2O2S2/c1-18-7-8-19(2)23(13-18)17-30(27,28)25-14-24(22-10-12-29-16-22)26-11-9-20-5-3-4-6-21(20)15-26/h3-8,10,12-13,16,24-25H,9,11,14-15,17H2,1-2H3. The predicted octanol–water partition coefficient (Wildman–Crippen LogP) is 4.58. The number of benzene rings is 2. The fourth-order valence-corrected chi connectivity index (χ4v) is 6.06. The average Bonchev–Trinajstić information content (AvgIpc) is 3.25. The van der Waals surface area contributed by atoms with Crippen LogP contribution in [0, 0.1) is 13.8 Å². The molecule has 2 aromatic carbocycles. The van der Waals surface area contributed by atoms with Crippen LogP contribution in [0.4, 0.5) is 0 Å². The van der Waals surface area contributed by atoms with Crippen molar-refractivity contribution >= 4 is 21.4 Å². The van der Waals surface area contributed by atoms with Crippen molar-refractivity contribution < 1.29 is 8.42 Å². The molecule has 4 rings (SSSR count). The quantitative estimate of drug-likeness (QED) is 0.585. The van der Waals surface area contributed by atoms with Crippen LogP contribution in [-0.4, -0.2) is 26.4 Å². The van der Waals surface area contributed by atoms with E-state index in [-0.39, 0.29) is 11.8 Å². The van der Waals surface area contributed by atoms with Crippen LogP contribution in [-0.2, 0) is 28.7 Å². The van der Waals surface area contributed by atoms with Crippen molar-refractivity contribution in [2.24, 2.45) is 0 Å². The van der Waals surface area contributed by atoms with Gasteiger partial charge in [-0.1, -0.05) is 48.0 Å². The lowest BCUT2D eigenvalue weighted by Gasteiger charge is -2.35. The van der Waals surface area contributed by atoms with Crippen molar-refractivity contribution in [3.05, 3.63) is 92.7 Å². The second-order valence-corrected chi connectivity index (χ2v) is 10.7. The van der Waals surface area contributed by atoms with Gasteiger partial charge in [-0.2, -0.15) is 11.3 Å². The molecule has 0 aliphatic carbocycles. The van der Waals surface area contributed by atoms with Crippen LogP contribution in [0.1, 0.15) is 39.4 Å². The Hall–Kier alpha value is -1.99. The van der Waals surface area contributed by atoms with Crippen LogP contribution in [0.2, 0.25) is 0 Å². The fourth-order valence-electron chi connectivity index (χ4n) is 4.12. The lowest BCUT2D eigenvalue weighted by molar-refractivity contribution is 0.180. The zero-order valence-electron chi connectivity index (χ0n) is 17.5. The van der Waals surface area contributed by atoms with Crippen LogP contribution >= 0.6 is 11.3 Å². The monoisotopic (exact) mass is 440 g/mol. The van der Waals surface area contributed by atoms with E-state index in [1.165, 1.54) is 16.7 Å². The second-order valence-electron chi connectivity index (χ2n) is 8.10. The summed E-state index contributed by atoms with van der Waals surface area (Å²) < 4.78 is 28.7. The summed E-state index contributed by atoms with van der Waals surface area (Å²) in [5.41, 5.74) is 6.85. The first-order valence-corrected chi connectivity index (χ1v) is 12.9. The second kappa shape index (κ2) is 9.02. The maximum absolute atomic E-state index is 12.9. The summed E-state index contributed by atoms with van der Waals surface area (Å²) in [6.45, 7) is 6.10. The molecule has 158 valence electrons. The van der Waals surface area contributed by atoms with E-state index in [2.05, 4.69) is 50.7 Å². The fraction of sp³-hybridized carbons (Fsp3) is 0.333. The van der Waals surface area contributed by atoms with E-state index < -0.39 is 10.0 Å². The summed E-state index contributed by atoms with van der Waals surface area (Å²) in [4.78, 5) is 2.39. The van der Waals surface area contributed by atoms with Gasteiger partial charge in [-0.25, -0.2) is 13.1 Å². The molecular formula is C24H28N2O2S2. The molecule has 3 aromatic rings. The van der Waals surface area contributed by atoms with E-state index in [1.807, 2.05) is 32.0 Å². The predicted molar refractivity (Wildman–Crippen MR) is 124 cm³/mol. The van der Waals surface area contributed by atoms with Crippen LogP contribution in [0.5, 0.6) is 0 Å². The van der Waals surface area contributed by atoms with Gasteiger partial charge in [0.25, 0.3) is 0 Å². The van der Waals surface area contributed by atoms with E-state index in [9.17, 15) is 8.42 Å². The van der Waals surface area contributed by atoms with Crippen LogP contribution < -0.4 is 4.72 Å². The van der Waals surface area contributed by atoms with Gasteiger partial charge in [0.05, 0.1) is 5.75 Å². The van der Waals surface area contributed by atoms with Gasteiger partial charge in [-0.3, -0.25) is 4.90 Å².